The first-order chi connectivity index (χ1) is 13.0. The van der Waals surface area contributed by atoms with Gasteiger partial charge in [0.25, 0.3) is 5.91 Å². The minimum Gasteiger partial charge on any atom is -0.493 e. The van der Waals surface area contributed by atoms with Crippen LogP contribution in [0.15, 0.2) is 30.5 Å². The van der Waals surface area contributed by atoms with Crippen molar-refractivity contribution in [1.82, 2.24) is 14.7 Å². The average Bonchev–Trinajstić information content (AvgIpc) is 2.96. The zero-order chi connectivity index (χ0) is 19.1. The van der Waals surface area contributed by atoms with Crippen molar-refractivity contribution in [2.45, 2.75) is 26.3 Å². The molecule has 2 N–H and O–H groups in total. The minimum atomic E-state index is -0.303. The molecule has 1 atom stereocenters. The average molecular weight is 368 g/mol. The summed E-state index contributed by atoms with van der Waals surface area (Å²) in [6.45, 7) is 4.44. The molecule has 6 nitrogen and oxygen atoms in total. The normalized spacial score (nSPS) is 15.9. The van der Waals surface area contributed by atoms with Gasteiger partial charge in [-0.2, -0.15) is 0 Å². The van der Waals surface area contributed by atoms with Gasteiger partial charge in [-0.05, 0) is 38.1 Å². The number of amides is 1. The van der Waals surface area contributed by atoms with E-state index in [9.17, 15) is 9.18 Å². The number of nitrogens with zero attached hydrogens (tertiary/aromatic N) is 2. The lowest BCUT2D eigenvalue weighted by Crippen LogP contribution is -2.22. The van der Waals surface area contributed by atoms with Gasteiger partial charge in [0, 0.05) is 30.9 Å². The molecule has 140 valence electrons. The smallest absolute Gasteiger partial charge is 0.252 e. The van der Waals surface area contributed by atoms with Crippen molar-refractivity contribution in [1.29, 1.82) is 0 Å². The highest BCUT2D eigenvalue weighted by Crippen LogP contribution is 2.36. The van der Waals surface area contributed by atoms with Crippen LogP contribution in [0.1, 0.15) is 39.8 Å². The second-order valence-corrected chi connectivity index (χ2v) is 6.71. The number of nitrogens with one attached hydrogen (secondary N) is 2. The largest absolute Gasteiger partial charge is 0.493 e. The Morgan fingerprint density at radius 1 is 1.33 bits per heavy atom. The van der Waals surface area contributed by atoms with Gasteiger partial charge in [-0.3, -0.25) is 4.79 Å². The van der Waals surface area contributed by atoms with Gasteiger partial charge in [-0.1, -0.05) is 0 Å². The molecule has 1 aromatic carbocycles. The van der Waals surface area contributed by atoms with Crippen LogP contribution in [0.2, 0.25) is 0 Å². The molecule has 0 bridgehead atoms. The molecule has 1 amide bonds. The third-order valence-corrected chi connectivity index (χ3v) is 5.03. The number of aryl methyl sites for hydroxylation is 2. The Morgan fingerprint density at radius 2 is 2.15 bits per heavy atom. The first-order valence-corrected chi connectivity index (χ1v) is 8.88. The third-order valence-electron chi connectivity index (χ3n) is 5.03. The van der Waals surface area contributed by atoms with Crippen molar-refractivity contribution >= 4 is 17.2 Å². The van der Waals surface area contributed by atoms with E-state index in [0.717, 1.165) is 28.3 Å². The van der Waals surface area contributed by atoms with E-state index in [1.807, 2.05) is 18.2 Å². The van der Waals surface area contributed by atoms with Crippen LogP contribution >= 0.6 is 0 Å². The number of ether oxygens (including phenoxy) is 1. The summed E-state index contributed by atoms with van der Waals surface area (Å²) in [5.41, 5.74) is 4.63. The Kier molecular flexibility index (Phi) is 4.22. The Balaban J connectivity index is 1.82. The molecular weight excluding hydrogens is 347 g/mol. The predicted octanol–water partition coefficient (Wildman–Crippen LogP) is 3.39. The van der Waals surface area contributed by atoms with Crippen LogP contribution in [-0.4, -0.2) is 28.9 Å². The lowest BCUT2D eigenvalue weighted by atomic mass is 10.00. The second kappa shape index (κ2) is 6.57. The fraction of sp³-hybridized carbons (Fsp3) is 0.300. The number of hydrogen-bond acceptors (Lipinski definition) is 4. The molecule has 7 heteroatoms. The van der Waals surface area contributed by atoms with Gasteiger partial charge in [0.05, 0.1) is 29.6 Å². The summed E-state index contributed by atoms with van der Waals surface area (Å²) in [4.78, 5) is 16.9. The number of pyridine rings is 1. The minimum absolute atomic E-state index is 0.134. The van der Waals surface area contributed by atoms with E-state index >= 15 is 0 Å². The highest BCUT2D eigenvalue weighted by molar-refractivity contribution is 5.95. The summed E-state index contributed by atoms with van der Waals surface area (Å²) in [5.74, 6) is 0.196. The van der Waals surface area contributed by atoms with E-state index < -0.39 is 0 Å². The number of benzene rings is 1. The Labute approximate surface area is 156 Å². The summed E-state index contributed by atoms with van der Waals surface area (Å²) in [5, 5.41) is 6.11. The van der Waals surface area contributed by atoms with Gasteiger partial charge < -0.3 is 19.8 Å². The van der Waals surface area contributed by atoms with E-state index in [-0.39, 0.29) is 17.8 Å². The van der Waals surface area contributed by atoms with Crippen LogP contribution in [0, 0.1) is 19.7 Å². The highest BCUT2D eigenvalue weighted by atomic mass is 19.1. The maximum atomic E-state index is 13.8. The van der Waals surface area contributed by atoms with Crippen molar-refractivity contribution in [2.75, 3.05) is 19.0 Å². The number of imidazole rings is 1. The molecule has 0 saturated carbocycles. The molecule has 3 aromatic rings. The van der Waals surface area contributed by atoms with Gasteiger partial charge in [0.2, 0.25) is 0 Å². The molecule has 0 radical (unpaired) electrons. The fourth-order valence-electron chi connectivity index (χ4n) is 3.45. The van der Waals surface area contributed by atoms with Crippen LogP contribution in [-0.2, 0) is 0 Å². The summed E-state index contributed by atoms with van der Waals surface area (Å²) in [6.07, 6.45) is 2.47. The number of carbonyl (C=O) groups is 1. The molecule has 1 unspecified atom stereocenters. The Morgan fingerprint density at radius 3 is 2.93 bits per heavy atom. The van der Waals surface area contributed by atoms with Gasteiger partial charge >= 0.3 is 0 Å². The predicted molar refractivity (Wildman–Crippen MR) is 101 cm³/mol. The number of halogens is 1. The van der Waals surface area contributed by atoms with E-state index in [0.29, 0.717) is 24.3 Å². The zero-order valence-electron chi connectivity index (χ0n) is 15.5. The molecule has 0 saturated heterocycles. The van der Waals surface area contributed by atoms with Crippen LogP contribution < -0.4 is 15.4 Å². The van der Waals surface area contributed by atoms with Crippen LogP contribution in [0.3, 0.4) is 0 Å². The first kappa shape index (κ1) is 17.3. The summed E-state index contributed by atoms with van der Waals surface area (Å²) in [6, 6.07) is 6.19. The maximum absolute atomic E-state index is 13.8. The van der Waals surface area contributed by atoms with Gasteiger partial charge in [0.1, 0.15) is 11.6 Å². The monoisotopic (exact) mass is 368 g/mol. The van der Waals surface area contributed by atoms with Gasteiger partial charge in [-0.25, -0.2) is 9.37 Å². The quantitative estimate of drug-likeness (QED) is 0.744. The topological polar surface area (TPSA) is 67.7 Å². The van der Waals surface area contributed by atoms with Crippen molar-refractivity contribution < 1.29 is 13.9 Å². The molecule has 1 aliphatic rings. The van der Waals surface area contributed by atoms with E-state index in [1.165, 1.54) is 12.1 Å². The van der Waals surface area contributed by atoms with Crippen molar-refractivity contribution in [3.63, 3.8) is 0 Å². The standard InChI is InChI=1S/C20H21FN4O2/c1-11-12(2)25-10-13(20(26)22-3)8-17(19(25)23-11)24-16-6-7-27-18-5-4-14(21)9-15(16)18/h4-5,8-10,16,24H,6-7H2,1-3H3,(H,22,26). The second-order valence-electron chi connectivity index (χ2n) is 6.71. The van der Waals surface area contributed by atoms with Crippen molar-refractivity contribution in [3.05, 3.63) is 58.8 Å². The number of hydrogen-bond donors (Lipinski definition) is 2. The SMILES string of the molecule is CNC(=O)c1cc(NC2CCOc3ccc(F)cc32)c2nc(C)c(C)n2c1. The highest BCUT2D eigenvalue weighted by Gasteiger charge is 2.24. The van der Waals surface area contributed by atoms with Gasteiger partial charge in [-0.15, -0.1) is 0 Å². The van der Waals surface area contributed by atoms with Crippen LogP contribution in [0.4, 0.5) is 10.1 Å². The molecular formula is C20H21FN4O2. The Bertz CT molecular complexity index is 1040. The maximum Gasteiger partial charge on any atom is 0.252 e. The van der Waals surface area contributed by atoms with E-state index in [4.69, 9.17) is 4.74 Å². The lowest BCUT2D eigenvalue weighted by molar-refractivity contribution is 0.0962. The molecule has 0 spiro atoms. The molecule has 0 fully saturated rings. The molecule has 3 heterocycles. The van der Waals surface area contributed by atoms with Crippen molar-refractivity contribution in [3.8, 4) is 5.75 Å². The molecule has 4 rings (SSSR count). The van der Waals surface area contributed by atoms with Crippen LogP contribution in [0.25, 0.3) is 5.65 Å². The van der Waals surface area contributed by atoms with Crippen LogP contribution in [0.5, 0.6) is 5.75 Å². The number of rotatable bonds is 3. The molecule has 27 heavy (non-hydrogen) atoms. The zero-order valence-corrected chi connectivity index (χ0v) is 15.5. The number of carbonyl (C=O) groups excluding carboxylic acids is 1. The van der Waals surface area contributed by atoms with E-state index in [1.54, 1.807) is 25.4 Å². The third kappa shape index (κ3) is 2.99. The van der Waals surface area contributed by atoms with Gasteiger partial charge in [0.15, 0.2) is 5.65 Å². The fourth-order valence-corrected chi connectivity index (χ4v) is 3.45. The summed E-state index contributed by atoms with van der Waals surface area (Å²) in [7, 11) is 1.60. The first-order valence-electron chi connectivity index (χ1n) is 8.88. The molecule has 2 aromatic heterocycles. The van der Waals surface area contributed by atoms with Crippen molar-refractivity contribution in [2.24, 2.45) is 0 Å². The molecule has 0 aliphatic carbocycles. The number of anilines is 1. The summed E-state index contributed by atoms with van der Waals surface area (Å²) < 4.78 is 21.3. The number of aromatic nitrogens is 2. The molecule has 1 aliphatic heterocycles. The number of fused-ring (bicyclic) bond motifs is 2. The lowest BCUT2D eigenvalue weighted by Gasteiger charge is -2.27. The summed E-state index contributed by atoms with van der Waals surface area (Å²) >= 11 is 0. The Hall–Kier alpha value is -3.09. The van der Waals surface area contributed by atoms with E-state index in [2.05, 4.69) is 15.6 Å².